The van der Waals surface area contributed by atoms with Gasteiger partial charge in [-0.2, -0.15) is 17.7 Å². The maximum atomic E-state index is 2.22. The van der Waals surface area contributed by atoms with Crippen LogP contribution in [0.15, 0.2) is 42.5 Å². The fourth-order valence-electron chi connectivity index (χ4n) is 1.32. The van der Waals surface area contributed by atoms with Crippen LogP contribution in [-0.4, -0.2) is 0 Å². The second-order valence-electron chi connectivity index (χ2n) is 3.61. The Labute approximate surface area is 104 Å². The quantitative estimate of drug-likeness (QED) is 0.524. The number of aryl methyl sites for hydroxylation is 3. The Kier molecular flexibility index (Phi) is 7.11. The molecule has 0 heterocycles. The first-order chi connectivity index (χ1) is 6.72. The molecule has 0 fully saturated rings. The van der Waals surface area contributed by atoms with Gasteiger partial charge >= 0.3 is 0 Å². The average Bonchev–Trinajstić information content (AvgIpc) is 2.77. The average molecular weight is 242 g/mol. The molecule has 0 spiro atoms. The Hall–Kier alpha value is -0.781. The smallest absolute Gasteiger partial charge is 0 e. The van der Waals surface area contributed by atoms with Crippen LogP contribution in [0.1, 0.15) is 23.6 Å². The molecule has 0 N–H and O–H groups in total. The maximum absolute atomic E-state index is 2.22. The molecule has 0 aliphatic heterocycles. The first-order valence-corrected chi connectivity index (χ1v) is 5.13. The van der Waals surface area contributed by atoms with E-state index in [0.29, 0.717) is 0 Å². The molecule has 0 aliphatic rings. The van der Waals surface area contributed by atoms with Gasteiger partial charge in [0.2, 0.25) is 0 Å². The Balaban J connectivity index is 0.000000253. The van der Waals surface area contributed by atoms with E-state index >= 15 is 0 Å². The minimum absolute atomic E-state index is 0. The van der Waals surface area contributed by atoms with Crippen molar-refractivity contribution in [2.45, 2.75) is 27.2 Å². The van der Waals surface area contributed by atoms with E-state index in [-0.39, 0.29) is 17.1 Å². The van der Waals surface area contributed by atoms with Gasteiger partial charge in [0.05, 0.1) is 0 Å². The zero-order chi connectivity index (χ0) is 10.4. The molecule has 1 heteroatoms. The Bertz CT molecular complexity index is 341. The molecule has 0 saturated heterocycles. The van der Waals surface area contributed by atoms with Crippen molar-refractivity contribution in [1.82, 2.24) is 0 Å². The summed E-state index contributed by atoms with van der Waals surface area (Å²) in [5.74, 6) is 0. The van der Waals surface area contributed by atoms with Gasteiger partial charge in [-0.1, -0.05) is 20.3 Å². The summed E-state index contributed by atoms with van der Waals surface area (Å²) in [4.78, 5) is 0. The molecular weight excluding hydrogens is 224 g/mol. The summed E-state index contributed by atoms with van der Waals surface area (Å²) in [6.45, 7) is 6.38. The third-order valence-electron chi connectivity index (χ3n) is 2.21. The minimum atomic E-state index is 0. The molecule has 2 rings (SSSR count). The van der Waals surface area contributed by atoms with Crippen LogP contribution >= 0.6 is 0 Å². The third-order valence-corrected chi connectivity index (χ3v) is 2.21. The van der Waals surface area contributed by atoms with Crippen LogP contribution in [0.25, 0.3) is 0 Å². The predicted molar refractivity (Wildman–Crippen MR) is 62.9 cm³/mol. The Morgan fingerprint density at radius 3 is 2.07 bits per heavy atom. The zero-order valence-corrected chi connectivity index (χ0v) is 10.7. The van der Waals surface area contributed by atoms with Crippen molar-refractivity contribution in [2.24, 2.45) is 0 Å². The topological polar surface area (TPSA) is 0 Å². The molecule has 0 nitrogen and oxygen atoms in total. The Morgan fingerprint density at radius 1 is 1.27 bits per heavy atom. The van der Waals surface area contributed by atoms with Crippen LogP contribution in [0.4, 0.5) is 0 Å². The van der Waals surface area contributed by atoms with E-state index in [0.717, 1.165) is 6.42 Å². The van der Waals surface area contributed by atoms with Gasteiger partial charge in [0, 0.05) is 17.1 Å². The second kappa shape index (κ2) is 7.50. The van der Waals surface area contributed by atoms with E-state index in [9.17, 15) is 0 Å². The van der Waals surface area contributed by atoms with Crippen LogP contribution in [0.2, 0.25) is 0 Å². The van der Waals surface area contributed by atoms with Crippen LogP contribution < -0.4 is 0 Å². The molecule has 0 amide bonds. The van der Waals surface area contributed by atoms with Crippen molar-refractivity contribution in [1.29, 1.82) is 0 Å². The van der Waals surface area contributed by atoms with Crippen molar-refractivity contribution >= 4 is 0 Å². The van der Waals surface area contributed by atoms with Crippen LogP contribution in [0.3, 0.4) is 0 Å². The molecule has 0 bridgehead atoms. The standard InChI is InChI=1S/C8H11.C6H7.Fe/c1-3-8-5-4-7(2)6-8;1-6-4-2-3-5-6;/h4-6H,3H2,1-2H3;2-5H,1H3;/q-1;-5;. The van der Waals surface area contributed by atoms with Gasteiger partial charge in [0.15, 0.2) is 0 Å². The largest absolute Gasteiger partial charge is 0.748 e. The summed E-state index contributed by atoms with van der Waals surface area (Å²) in [6, 6.07) is 14.8. The summed E-state index contributed by atoms with van der Waals surface area (Å²) in [6.07, 6.45) is 1.16. The van der Waals surface area contributed by atoms with Gasteiger partial charge in [-0.05, 0) is 0 Å². The van der Waals surface area contributed by atoms with Crippen molar-refractivity contribution in [3.63, 3.8) is 0 Å². The van der Waals surface area contributed by atoms with E-state index in [1.54, 1.807) is 0 Å². The van der Waals surface area contributed by atoms with Crippen molar-refractivity contribution in [3.05, 3.63) is 59.2 Å². The molecule has 88 valence electrons. The first kappa shape index (κ1) is 14.2. The molecule has 0 atom stereocenters. The summed E-state index contributed by atoms with van der Waals surface area (Å²) in [7, 11) is 0. The molecule has 0 saturated carbocycles. The van der Waals surface area contributed by atoms with Gasteiger partial charge in [-0.25, -0.2) is 18.6 Å². The maximum Gasteiger partial charge on any atom is 0 e. The zero-order valence-electron chi connectivity index (χ0n) is 9.60. The predicted octanol–water partition coefficient (Wildman–Crippen LogP) is 3.99. The summed E-state index contributed by atoms with van der Waals surface area (Å²) in [5, 5.41) is 0. The van der Waals surface area contributed by atoms with Crippen LogP contribution in [0.5, 0.6) is 0 Å². The molecule has 0 unspecified atom stereocenters. The fraction of sp³-hybridized carbons (Fsp3) is 0.286. The monoisotopic (exact) mass is 242 g/mol. The Morgan fingerprint density at radius 2 is 1.87 bits per heavy atom. The number of hydrogen-bond acceptors (Lipinski definition) is 0. The minimum Gasteiger partial charge on any atom is -0.748 e. The van der Waals surface area contributed by atoms with Crippen LogP contribution in [-0.2, 0) is 23.5 Å². The van der Waals surface area contributed by atoms with E-state index in [1.165, 1.54) is 16.7 Å². The van der Waals surface area contributed by atoms with Gasteiger partial charge in [-0.3, -0.25) is 0 Å². The van der Waals surface area contributed by atoms with Crippen molar-refractivity contribution in [3.8, 4) is 0 Å². The number of rotatable bonds is 1. The van der Waals surface area contributed by atoms with Gasteiger partial charge in [0.1, 0.15) is 0 Å². The summed E-state index contributed by atoms with van der Waals surface area (Å²) >= 11 is 0. The summed E-state index contributed by atoms with van der Waals surface area (Å²) < 4.78 is 0. The van der Waals surface area contributed by atoms with Crippen LogP contribution in [0, 0.1) is 13.8 Å². The molecule has 2 aromatic rings. The third kappa shape index (κ3) is 5.61. The van der Waals surface area contributed by atoms with Gasteiger partial charge in [-0.15, -0.1) is 0 Å². The van der Waals surface area contributed by atoms with E-state index in [1.807, 2.05) is 12.1 Å². The SMILES string of the molecule is CC[c-]1ccc(C)c1.C[c-]1[cH-][cH-][cH-][cH-]1.[Fe]. The molecule has 0 radical (unpaired) electrons. The fourth-order valence-corrected chi connectivity index (χ4v) is 1.32. The molecule has 0 aromatic heterocycles. The van der Waals surface area contributed by atoms with Crippen molar-refractivity contribution < 1.29 is 17.1 Å². The molecule has 0 aliphatic carbocycles. The summed E-state index contributed by atoms with van der Waals surface area (Å²) in [5.41, 5.74) is 4.17. The molecule has 15 heavy (non-hydrogen) atoms. The van der Waals surface area contributed by atoms with Gasteiger partial charge in [0.25, 0.3) is 0 Å². The molecule has 2 aromatic carbocycles. The van der Waals surface area contributed by atoms with E-state index < -0.39 is 0 Å². The van der Waals surface area contributed by atoms with E-state index in [4.69, 9.17) is 0 Å². The van der Waals surface area contributed by atoms with Crippen molar-refractivity contribution in [2.75, 3.05) is 0 Å². The second-order valence-corrected chi connectivity index (χ2v) is 3.61. The molecular formula is C14H18Fe-6. The number of hydrogen-bond donors (Lipinski definition) is 0. The van der Waals surface area contributed by atoms with Gasteiger partial charge < -0.3 is 29.8 Å². The van der Waals surface area contributed by atoms with E-state index in [2.05, 4.69) is 51.1 Å². The normalized spacial score (nSPS) is 8.73. The first-order valence-electron chi connectivity index (χ1n) is 5.13.